The fraction of sp³-hybridized carbons (Fsp3) is 0.190. The minimum Gasteiger partial charge on any atom is -0.354 e. The lowest BCUT2D eigenvalue weighted by Crippen LogP contribution is -2.32. The first-order chi connectivity index (χ1) is 13.9. The van der Waals surface area contributed by atoms with Gasteiger partial charge in [-0.05, 0) is 48.7 Å². The molecule has 8 heteroatoms. The first-order valence-electron chi connectivity index (χ1n) is 8.74. The molecule has 29 heavy (non-hydrogen) atoms. The Morgan fingerprint density at radius 3 is 2.66 bits per heavy atom. The van der Waals surface area contributed by atoms with Gasteiger partial charge in [0, 0.05) is 17.1 Å². The quantitative estimate of drug-likeness (QED) is 0.556. The van der Waals surface area contributed by atoms with E-state index in [4.69, 9.17) is 23.2 Å². The molecule has 5 nitrogen and oxygen atoms in total. The van der Waals surface area contributed by atoms with Crippen LogP contribution in [0.1, 0.15) is 11.1 Å². The van der Waals surface area contributed by atoms with Crippen molar-refractivity contribution in [2.45, 2.75) is 18.6 Å². The van der Waals surface area contributed by atoms with Crippen molar-refractivity contribution in [3.63, 3.8) is 0 Å². The number of carbonyl (C=O) groups is 2. The van der Waals surface area contributed by atoms with Crippen LogP contribution < -0.4 is 10.2 Å². The van der Waals surface area contributed by atoms with Gasteiger partial charge in [-0.1, -0.05) is 53.2 Å². The highest BCUT2D eigenvalue weighted by molar-refractivity contribution is 8.05. The smallest absolute Gasteiger partial charge is 0.264 e. The molecule has 1 saturated heterocycles. The number of carbonyl (C=O) groups excluding carboxylic acids is 2. The molecule has 0 radical (unpaired) electrons. The molecule has 1 atom stereocenters. The molecule has 1 N–H and O–H groups in total. The van der Waals surface area contributed by atoms with Gasteiger partial charge in [0.2, 0.25) is 5.91 Å². The zero-order valence-electron chi connectivity index (χ0n) is 15.7. The standard InChI is InChI=1S/C21H17Cl2N3O2S/c1-12-5-3-4-6-17(12)26-20(28)18(10-13-9-14(22)7-8-16(13)23)29-21(26)15(11-24)19(27)25-2/h3-9,18H,10H2,1-2H3,(H,25,27). The van der Waals surface area contributed by atoms with Crippen molar-refractivity contribution in [1.82, 2.24) is 5.32 Å². The number of benzene rings is 2. The predicted molar refractivity (Wildman–Crippen MR) is 117 cm³/mol. The zero-order chi connectivity index (χ0) is 21.1. The summed E-state index contributed by atoms with van der Waals surface area (Å²) < 4.78 is 0. The van der Waals surface area contributed by atoms with E-state index >= 15 is 0 Å². The molecule has 0 aliphatic carbocycles. The molecular formula is C21H17Cl2N3O2S. The summed E-state index contributed by atoms with van der Waals surface area (Å²) in [5.74, 6) is -0.755. The minimum absolute atomic E-state index is 0.103. The van der Waals surface area contributed by atoms with Crippen molar-refractivity contribution < 1.29 is 9.59 Å². The van der Waals surface area contributed by atoms with Crippen molar-refractivity contribution in [1.29, 1.82) is 5.26 Å². The number of thioether (sulfide) groups is 1. The third-order valence-electron chi connectivity index (χ3n) is 4.50. The molecule has 0 bridgehead atoms. The monoisotopic (exact) mass is 445 g/mol. The van der Waals surface area contributed by atoms with E-state index in [9.17, 15) is 14.9 Å². The number of halogens is 2. The van der Waals surface area contributed by atoms with Crippen LogP contribution in [0.4, 0.5) is 5.69 Å². The number of para-hydroxylation sites is 1. The molecule has 1 unspecified atom stereocenters. The number of likely N-dealkylation sites (N-methyl/N-ethyl adjacent to an activating group) is 1. The molecule has 1 fully saturated rings. The maximum atomic E-state index is 13.4. The Labute approximate surface area is 183 Å². The van der Waals surface area contributed by atoms with E-state index in [1.54, 1.807) is 24.3 Å². The average molecular weight is 446 g/mol. The molecule has 2 amide bonds. The third kappa shape index (κ3) is 4.27. The molecule has 3 rings (SSSR count). The van der Waals surface area contributed by atoms with Crippen LogP contribution in [0, 0.1) is 18.3 Å². The number of rotatable bonds is 4. The maximum absolute atomic E-state index is 13.4. The van der Waals surface area contributed by atoms with Gasteiger partial charge >= 0.3 is 0 Å². The lowest BCUT2D eigenvalue weighted by molar-refractivity contribution is -0.117. The van der Waals surface area contributed by atoms with Gasteiger partial charge in [-0.25, -0.2) is 0 Å². The van der Waals surface area contributed by atoms with Crippen LogP contribution in [-0.2, 0) is 16.0 Å². The van der Waals surface area contributed by atoms with Gasteiger partial charge < -0.3 is 5.32 Å². The fourth-order valence-electron chi connectivity index (χ4n) is 3.04. The van der Waals surface area contributed by atoms with Gasteiger partial charge in [-0.2, -0.15) is 5.26 Å². The van der Waals surface area contributed by atoms with Crippen LogP contribution in [0.2, 0.25) is 10.0 Å². The molecule has 2 aromatic rings. The number of anilines is 1. The Morgan fingerprint density at radius 2 is 2.00 bits per heavy atom. The Hall–Kier alpha value is -2.46. The van der Waals surface area contributed by atoms with Crippen molar-refractivity contribution in [2.24, 2.45) is 0 Å². The molecule has 148 valence electrons. The van der Waals surface area contributed by atoms with Crippen molar-refractivity contribution in [3.05, 3.63) is 74.2 Å². The zero-order valence-corrected chi connectivity index (χ0v) is 18.0. The van der Waals surface area contributed by atoms with Crippen LogP contribution in [0.3, 0.4) is 0 Å². The molecule has 0 aromatic heterocycles. The Bertz CT molecular complexity index is 1060. The lowest BCUT2D eigenvalue weighted by atomic mass is 10.1. The summed E-state index contributed by atoms with van der Waals surface area (Å²) >= 11 is 13.5. The molecule has 1 aliphatic heterocycles. The minimum atomic E-state index is -0.548. The largest absolute Gasteiger partial charge is 0.354 e. The normalized spacial score (nSPS) is 17.8. The van der Waals surface area contributed by atoms with E-state index in [0.29, 0.717) is 27.2 Å². The Morgan fingerprint density at radius 1 is 1.28 bits per heavy atom. The summed E-state index contributed by atoms with van der Waals surface area (Å²) in [4.78, 5) is 27.1. The van der Waals surface area contributed by atoms with E-state index in [1.165, 1.54) is 23.7 Å². The number of amides is 2. The summed E-state index contributed by atoms with van der Waals surface area (Å²) in [5.41, 5.74) is 2.12. The fourth-order valence-corrected chi connectivity index (χ4v) is 4.72. The molecular weight excluding hydrogens is 429 g/mol. The topological polar surface area (TPSA) is 73.2 Å². The summed E-state index contributed by atoms with van der Waals surface area (Å²) in [7, 11) is 1.45. The number of nitrogens with zero attached hydrogens (tertiary/aromatic N) is 2. The average Bonchev–Trinajstić information content (AvgIpc) is 3.01. The number of aryl methyl sites for hydroxylation is 1. The highest BCUT2D eigenvalue weighted by Gasteiger charge is 2.41. The van der Waals surface area contributed by atoms with Crippen LogP contribution in [0.5, 0.6) is 0 Å². The SMILES string of the molecule is CNC(=O)C(C#N)=C1SC(Cc2cc(Cl)ccc2Cl)C(=O)N1c1ccccc1C. The lowest BCUT2D eigenvalue weighted by Gasteiger charge is -2.20. The first-order valence-corrected chi connectivity index (χ1v) is 10.4. The van der Waals surface area contributed by atoms with Gasteiger partial charge in [0.1, 0.15) is 16.7 Å². The number of hydrogen-bond donors (Lipinski definition) is 1. The second kappa shape index (κ2) is 8.91. The van der Waals surface area contributed by atoms with E-state index < -0.39 is 11.2 Å². The van der Waals surface area contributed by atoms with E-state index in [2.05, 4.69) is 5.32 Å². The highest BCUT2D eigenvalue weighted by atomic mass is 35.5. The first kappa shape index (κ1) is 21.3. The molecule has 0 spiro atoms. The summed E-state index contributed by atoms with van der Waals surface area (Å²) in [6.45, 7) is 1.87. The summed E-state index contributed by atoms with van der Waals surface area (Å²) in [5, 5.41) is 12.9. The van der Waals surface area contributed by atoms with E-state index in [1.807, 2.05) is 31.2 Å². The van der Waals surface area contributed by atoms with Crippen LogP contribution in [0.15, 0.2) is 53.1 Å². The van der Waals surface area contributed by atoms with Gasteiger partial charge in [0.25, 0.3) is 5.91 Å². The van der Waals surface area contributed by atoms with Crippen molar-refractivity contribution >= 4 is 52.5 Å². The highest BCUT2D eigenvalue weighted by Crippen LogP contribution is 2.43. The molecule has 2 aromatic carbocycles. The van der Waals surface area contributed by atoms with Gasteiger partial charge in [-0.3, -0.25) is 14.5 Å². The second-order valence-electron chi connectivity index (χ2n) is 6.38. The molecule has 1 heterocycles. The third-order valence-corrected chi connectivity index (χ3v) is 6.37. The number of nitrogens with one attached hydrogen (secondary N) is 1. The molecule has 1 aliphatic rings. The van der Waals surface area contributed by atoms with Crippen LogP contribution in [-0.4, -0.2) is 24.1 Å². The van der Waals surface area contributed by atoms with E-state index in [-0.39, 0.29) is 11.5 Å². The predicted octanol–water partition coefficient (Wildman–Crippen LogP) is 4.47. The summed E-state index contributed by atoms with van der Waals surface area (Å²) in [6, 6.07) is 14.4. The van der Waals surface area contributed by atoms with E-state index in [0.717, 1.165) is 11.1 Å². The Balaban J connectivity index is 2.09. The van der Waals surface area contributed by atoms with Gasteiger partial charge in [0.05, 0.1) is 10.9 Å². The van der Waals surface area contributed by atoms with Crippen LogP contribution in [0.25, 0.3) is 0 Å². The van der Waals surface area contributed by atoms with Gasteiger partial charge in [0.15, 0.2) is 0 Å². The molecule has 0 saturated carbocycles. The number of nitriles is 1. The Kier molecular flexibility index (Phi) is 6.53. The van der Waals surface area contributed by atoms with Crippen molar-refractivity contribution in [2.75, 3.05) is 11.9 Å². The maximum Gasteiger partial charge on any atom is 0.264 e. The second-order valence-corrected chi connectivity index (χ2v) is 8.41. The van der Waals surface area contributed by atoms with Crippen LogP contribution >= 0.6 is 35.0 Å². The summed E-state index contributed by atoms with van der Waals surface area (Å²) in [6.07, 6.45) is 0.321. The van der Waals surface area contributed by atoms with Gasteiger partial charge in [-0.15, -0.1) is 0 Å². The number of hydrogen-bond acceptors (Lipinski definition) is 4. The van der Waals surface area contributed by atoms with Crippen molar-refractivity contribution in [3.8, 4) is 6.07 Å².